The first-order valence-corrected chi connectivity index (χ1v) is 12.0. The van der Waals surface area contributed by atoms with Crippen molar-refractivity contribution in [3.05, 3.63) is 54.1 Å². The minimum atomic E-state index is -0.386. The number of aliphatic imine (C=N–C) groups is 1. The molecule has 1 aliphatic carbocycles. The summed E-state index contributed by atoms with van der Waals surface area (Å²) in [6.07, 6.45) is 6.66. The molecule has 2 aliphatic heterocycles. The zero-order valence-corrected chi connectivity index (χ0v) is 19.3. The topological polar surface area (TPSA) is 78.0 Å². The van der Waals surface area contributed by atoms with Crippen LogP contribution in [0.4, 0.5) is 16.2 Å². The van der Waals surface area contributed by atoms with Gasteiger partial charge in [-0.25, -0.2) is 4.79 Å². The van der Waals surface area contributed by atoms with Crippen molar-refractivity contribution in [1.82, 2.24) is 10.2 Å². The molecular formula is C26H33N5O2. The number of ether oxygens (including phenoxy) is 1. The van der Waals surface area contributed by atoms with E-state index in [2.05, 4.69) is 28.1 Å². The van der Waals surface area contributed by atoms with Crippen molar-refractivity contribution < 1.29 is 9.53 Å². The molecule has 5 rings (SSSR count). The molecule has 3 N–H and O–H groups in total. The van der Waals surface area contributed by atoms with E-state index in [4.69, 9.17) is 9.73 Å². The van der Waals surface area contributed by atoms with Crippen LogP contribution < -0.4 is 20.7 Å². The lowest BCUT2D eigenvalue weighted by molar-refractivity contribution is 0.173. The molecule has 7 nitrogen and oxygen atoms in total. The molecule has 7 heteroatoms. The van der Waals surface area contributed by atoms with Crippen LogP contribution in [0.2, 0.25) is 0 Å². The van der Waals surface area contributed by atoms with Gasteiger partial charge in [0.15, 0.2) is 0 Å². The van der Waals surface area contributed by atoms with Gasteiger partial charge in [0.1, 0.15) is 17.1 Å². The summed E-state index contributed by atoms with van der Waals surface area (Å²) in [5.41, 5.74) is 2.76. The number of methoxy groups -OCH3 is 1. The maximum Gasteiger partial charge on any atom is 0.317 e. The highest BCUT2D eigenvalue weighted by atomic mass is 16.5. The standard InChI is InChI=1S/C26H33N5O2/c1-33-21-11-6-8-19(16-21)17-27-25(32)31-15-7-14-26(18-31)24(28-20-9-2-3-10-20)29-22-12-4-5-13-23(22)30-26/h4-6,8,11-13,16,20,30H,2-3,7,9-10,14-15,17-18H2,1H3,(H,27,32)(H,28,29)/t26-/m1/s1. The van der Waals surface area contributed by atoms with Crippen LogP contribution in [0.3, 0.4) is 0 Å². The van der Waals surface area contributed by atoms with Crippen molar-refractivity contribution in [2.24, 2.45) is 4.99 Å². The van der Waals surface area contributed by atoms with Crippen molar-refractivity contribution in [2.45, 2.75) is 56.7 Å². The number of amidine groups is 1. The number of piperidine rings is 1. The van der Waals surface area contributed by atoms with E-state index >= 15 is 0 Å². The Labute approximate surface area is 195 Å². The van der Waals surface area contributed by atoms with E-state index < -0.39 is 0 Å². The fraction of sp³-hybridized carbons (Fsp3) is 0.462. The Morgan fingerprint density at radius 3 is 2.79 bits per heavy atom. The lowest BCUT2D eigenvalue weighted by Gasteiger charge is -2.47. The number of hydrogen-bond donors (Lipinski definition) is 3. The van der Waals surface area contributed by atoms with Crippen LogP contribution in [0.15, 0.2) is 53.5 Å². The third-order valence-corrected chi connectivity index (χ3v) is 7.00. The van der Waals surface area contributed by atoms with Gasteiger partial charge in [-0.1, -0.05) is 37.1 Å². The maximum atomic E-state index is 13.1. The summed E-state index contributed by atoms with van der Waals surface area (Å²) >= 11 is 0. The summed E-state index contributed by atoms with van der Waals surface area (Å²) < 4.78 is 5.30. The average molecular weight is 448 g/mol. The Morgan fingerprint density at radius 1 is 1.15 bits per heavy atom. The normalized spacial score (nSPS) is 23.7. The molecule has 1 atom stereocenters. The lowest BCUT2D eigenvalue weighted by Crippen LogP contribution is -2.63. The van der Waals surface area contributed by atoms with Gasteiger partial charge >= 0.3 is 6.03 Å². The van der Waals surface area contributed by atoms with Gasteiger partial charge in [-0.15, -0.1) is 0 Å². The summed E-state index contributed by atoms with van der Waals surface area (Å²) in [5.74, 6) is 1.78. The second kappa shape index (κ2) is 9.33. The van der Waals surface area contributed by atoms with Gasteiger partial charge in [0.25, 0.3) is 0 Å². The third kappa shape index (κ3) is 4.63. The van der Waals surface area contributed by atoms with Crippen LogP contribution in [0.25, 0.3) is 0 Å². The summed E-state index contributed by atoms with van der Waals surface area (Å²) in [6.45, 7) is 1.80. The Balaban J connectivity index is 1.34. The molecule has 1 saturated carbocycles. The number of urea groups is 1. The molecule has 2 aromatic rings. The van der Waals surface area contributed by atoms with E-state index in [-0.39, 0.29) is 11.6 Å². The highest BCUT2D eigenvalue weighted by molar-refractivity contribution is 6.10. The molecule has 33 heavy (non-hydrogen) atoms. The predicted molar refractivity (Wildman–Crippen MR) is 132 cm³/mol. The zero-order valence-electron chi connectivity index (χ0n) is 19.3. The third-order valence-electron chi connectivity index (χ3n) is 7.00. The molecule has 2 heterocycles. The van der Waals surface area contributed by atoms with Crippen molar-refractivity contribution in [3.8, 4) is 5.75 Å². The SMILES string of the molecule is COc1cccc(CNC(=O)N2CCC[C@]3(C2)Nc2ccccc2NC3=NC2CCCC2)c1. The fourth-order valence-corrected chi connectivity index (χ4v) is 5.23. The van der Waals surface area contributed by atoms with Crippen molar-refractivity contribution in [3.63, 3.8) is 0 Å². The second-order valence-corrected chi connectivity index (χ2v) is 9.33. The van der Waals surface area contributed by atoms with Gasteiger partial charge in [0, 0.05) is 13.1 Å². The van der Waals surface area contributed by atoms with E-state index in [1.54, 1.807) is 7.11 Å². The van der Waals surface area contributed by atoms with Crippen LogP contribution in [-0.2, 0) is 6.54 Å². The molecule has 0 bridgehead atoms. The fourth-order valence-electron chi connectivity index (χ4n) is 5.23. The number of para-hydroxylation sites is 2. The molecular weight excluding hydrogens is 414 g/mol. The van der Waals surface area contributed by atoms with Gasteiger partial charge in [-0.2, -0.15) is 0 Å². The van der Waals surface area contributed by atoms with Crippen LogP contribution >= 0.6 is 0 Å². The highest BCUT2D eigenvalue weighted by Gasteiger charge is 2.45. The number of nitrogens with one attached hydrogen (secondary N) is 3. The number of fused-ring (bicyclic) bond motifs is 1. The number of amides is 2. The van der Waals surface area contributed by atoms with E-state index in [0.29, 0.717) is 19.1 Å². The number of rotatable bonds is 4. The zero-order chi connectivity index (χ0) is 22.7. The largest absolute Gasteiger partial charge is 0.497 e. The average Bonchev–Trinajstić information content (AvgIpc) is 3.36. The van der Waals surface area contributed by atoms with E-state index in [1.807, 2.05) is 41.3 Å². The van der Waals surface area contributed by atoms with Crippen molar-refractivity contribution in [2.75, 3.05) is 30.8 Å². The molecule has 0 radical (unpaired) electrons. The lowest BCUT2D eigenvalue weighted by atomic mass is 9.85. The Kier molecular flexibility index (Phi) is 6.11. The number of likely N-dealkylation sites (tertiary alicyclic amines) is 1. The maximum absolute atomic E-state index is 13.1. The summed E-state index contributed by atoms with van der Waals surface area (Å²) in [5, 5.41) is 10.5. The molecule has 1 saturated heterocycles. The van der Waals surface area contributed by atoms with Gasteiger partial charge in [-0.05, 0) is 55.5 Å². The number of nitrogens with zero attached hydrogens (tertiary/aromatic N) is 2. The number of anilines is 2. The summed E-state index contributed by atoms with van der Waals surface area (Å²) in [4.78, 5) is 20.3. The van der Waals surface area contributed by atoms with Gasteiger partial charge < -0.3 is 25.6 Å². The molecule has 2 aromatic carbocycles. The van der Waals surface area contributed by atoms with Gasteiger partial charge in [0.05, 0.1) is 31.1 Å². The first kappa shape index (κ1) is 21.6. The Bertz CT molecular complexity index is 1030. The minimum Gasteiger partial charge on any atom is -0.497 e. The predicted octanol–water partition coefficient (Wildman–Crippen LogP) is 4.62. The summed E-state index contributed by atoms with van der Waals surface area (Å²) in [6, 6.07) is 16.4. The van der Waals surface area contributed by atoms with Crippen molar-refractivity contribution in [1.29, 1.82) is 0 Å². The molecule has 3 aliphatic rings. The van der Waals surface area contributed by atoms with E-state index in [1.165, 1.54) is 12.8 Å². The monoisotopic (exact) mass is 447 g/mol. The summed E-state index contributed by atoms with van der Waals surface area (Å²) in [7, 11) is 1.65. The van der Waals surface area contributed by atoms with Crippen LogP contribution in [0, 0.1) is 0 Å². The number of benzene rings is 2. The molecule has 1 spiro atoms. The second-order valence-electron chi connectivity index (χ2n) is 9.33. The number of hydrogen-bond acceptors (Lipinski definition) is 4. The van der Waals surface area contributed by atoms with Crippen LogP contribution in [-0.4, -0.2) is 48.5 Å². The first-order valence-electron chi connectivity index (χ1n) is 12.0. The molecule has 2 fully saturated rings. The number of carbonyl (C=O) groups excluding carboxylic acids is 1. The molecule has 0 aromatic heterocycles. The van der Waals surface area contributed by atoms with Crippen LogP contribution in [0.5, 0.6) is 5.75 Å². The molecule has 174 valence electrons. The van der Waals surface area contributed by atoms with Crippen LogP contribution in [0.1, 0.15) is 44.1 Å². The Hall–Kier alpha value is -3.22. The Morgan fingerprint density at radius 2 is 1.97 bits per heavy atom. The van der Waals surface area contributed by atoms with E-state index in [0.717, 1.165) is 60.8 Å². The highest BCUT2D eigenvalue weighted by Crippen LogP contribution is 2.37. The van der Waals surface area contributed by atoms with Gasteiger partial charge in [-0.3, -0.25) is 4.99 Å². The van der Waals surface area contributed by atoms with E-state index in [9.17, 15) is 4.79 Å². The smallest absolute Gasteiger partial charge is 0.317 e. The quantitative estimate of drug-likeness (QED) is 0.639. The first-order chi connectivity index (χ1) is 16.1. The number of carbonyl (C=O) groups is 1. The van der Waals surface area contributed by atoms with Gasteiger partial charge in [0.2, 0.25) is 0 Å². The minimum absolute atomic E-state index is 0.0437. The molecule has 2 amide bonds. The molecule has 0 unspecified atom stereocenters. The van der Waals surface area contributed by atoms with Crippen molar-refractivity contribution >= 4 is 23.2 Å².